The van der Waals surface area contributed by atoms with Crippen LogP contribution in [0.1, 0.15) is 30.7 Å². The zero-order valence-electron chi connectivity index (χ0n) is 11.6. The molecule has 1 unspecified atom stereocenters. The second-order valence-corrected chi connectivity index (χ2v) is 7.03. The van der Waals surface area contributed by atoms with Crippen LogP contribution in [0.5, 0.6) is 5.75 Å². The van der Waals surface area contributed by atoms with Crippen LogP contribution in [0.15, 0.2) is 23.1 Å². The van der Waals surface area contributed by atoms with E-state index in [2.05, 4.69) is 0 Å². The van der Waals surface area contributed by atoms with Gasteiger partial charge in [0.15, 0.2) is 0 Å². The summed E-state index contributed by atoms with van der Waals surface area (Å²) in [6.07, 6.45) is 2.62. The molecule has 0 radical (unpaired) electrons. The molecule has 7 heteroatoms. The number of hydrogen-bond donors (Lipinski definition) is 1. The van der Waals surface area contributed by atoms with Crippen molar-refractivity contribution < 1.29 is 17.9 Å². The van der Waals surface area contributed by atoms with E-state index in [4.69, 9.17) is 9.88 Å². The molecule has 114 valence electrons. The Bertz CT molecular complexity index is 666. The lowest BCUT2D eigenvalue weighted by molar-refractivity contribution is -0.132. The van der Waals surface area contributed by atoms with Crippen molar-refractivity contribution in [2.24, 2.45) is 5.14 Å². The van der Waals surface area contributed by atoms with E-state index in [-0.39, 0.29) is 16.7 Å². The van der Waals surface area contributed by atoms with Gasteiger partial charge in [0.2, 0.25) is 15.9 Å². The van der Waals surface area contributed by atoms with Gasteiger partial charge in [-0.15, -0.1) is 0 Å². The van der Waals surface area contributed by atoms with Gasteiger partial charge >= 0.3 is 0 Å². The van der Waals surface area contributed by atoms with Crippen LogP contribution in [0.4, 0.5) is 0 Å². The van der Waals surface area contributed by atoms with Gasteiger partial charge in [-0.25, -0.2) is 13.6 Å². The summed E-state index contributed by atoms with van der Waals surface area (Å²) < 4.78 is 28.5. The molecule has 1 aromatic rings. The molecule has 21 heavy (non-hydrogen) atoms. The largest absolute Gasteiger partial charge is 0.493 e. The zero-order chi connectivity index (χ0) is 15.0. The van der Waals surface area contributed by atoms with E-state index >= 15 is 0 Å². The van der Waals surface area contributed by atoms with Crippen LogP contribution >= 0.6 is 0 Å². The van der Waals surface area contributed by atoms with Crippen molar-refractivity contribution >= 4 is 15.9 Å². The lowest BCUT2D eigenvalue weighted by atomic mass is 9.92. The summed E-state index contributed by atoms with van der Waals surface area (Å²) in [6, 6.07) is 4.47. The molecule has 3 rings (SSSR count). The van der Waals surface area contributed by atoms with Crippen molar-refractivity contribution in [1.82, 2.24) is 4.90 Å². The maximum atomic E-state index is 12.6. The number of rotatable bonds is 2. The van der Waals surface area contributed by atoms with E-state index in [9.17, 15) is 13.2 Å². The van der Waals surface area contributed by atoms with Crippen LogP contribution in [0.3, 0.4) is 0 Å². The Morgan fingerprint density at radius 2 is 2.00 bits per heavy atom. The molecule has 2 heterocycles. The lowest BCUT2D eigenvalue weighted by Crippen LogP contribution is -2.35. The number of ether oxygens (including phenoxy) is 1. The highest BCUT2D eigenvalue weighted by molar-refractivity contribution is 7.89. The first-order chi connectivity index (χ1) is 9.97. The summed E-state index contributed by atoms with van der Waals surface area (Å²) in [4.78, 5) is 14.5. The minimum atomic E-state index is -3.78. The molecule has 0 bridgehead atoms. The SMILES string of the molecule is NS(=O)(=O)c1ccc2c(c1)C(C(=O)N1CCCC1)CCO2. The Hall–Kier alpha value is -1.60. The quantitative estimate of drug-likeness (QED) is 0.876. The average Bonchev–Trinajstić information content (AvgIpc) is 2.98. The first kappa shape index (κ1) is 14.3. The van der Waals surface area contributed by atoms with Crippen molar-refractivity contribution in [1.29, 1.82) is 0 Å². The highest BCUT2D eigenvalue weighted by Gasteiger charge is 2.32. The Kier molecular flexibility index (Phi) is 3.62. The molecule has 0 saturated carbocycles. The number of fused-ring (bicyclic) bond motifs is 1. The minimum Gasteiger partial charge on any atom is -0.493 e. The lowest BCUT2D eigenvalue weighted by Gasteiger charge is -2.28. The molecule has 0 aromatic heterocycles. The van der Waals surface area contributed by atoms with Crippen LogP contribution in [-0.2, 0) is 14.8 Å². The first-order valence-electron chi connectivity index (χ1n) is 7.05. The summed E-state index contributed by atoms with van der Waals surface area (Å²) in [5, 5.41) is 5.17. The second kappa shape index (κ2) is 5.31. The maximum Gasteiger partial charge on any atom is 0.238 e. The number of carbonyl (C=O) groups is 1. The van der Waals surface area contributed by atoms with Crippen LogP contribution in [0, 0.1) is 0 Å². The topological polar surface area (TPSA) is 89.7 Å². The molecular weight excluding hydrogens is 292 g/mol. The molecule has 2 N–H and O–H groups in total. The number of sulfonamides is 1. The fourth-order valence-electron chi connectivity index (χ4n) is 2.96. The molecule has 1 aromatic carbocycles. The van der Waals surface area contributed by atoms with Gasteiger partial charge in [0.05, 0.1) is 17.4 Å². The number of likely N-dealkylation sites (tertiary alicyclic amines) is 1. The van der Waals surface area contributed by atoms with Gasteiger partial charge < -0.3 is 9.64 Å². The van der Waals surface area contributed by atoms with Gasteiger partial charge in [-0.05, 0) is 37.5 Å². The first-order valence-corrected chi connectivity index (χ1v) is 8.60. The summed E-state index contributed by atoms with van der Waals surface area (Å²) >= 11 is 0. The van der Waals surface area contributed by atoms with Crippen LogP contribution < -0.4 is 9.88 Å². The number of nitrogens with two attached hydrogens (primary N) is 1. The predicted molar refractivity (Wildman–Crippen MR) is 76.5 cm³/mol. The zero-order valence-corrected chi connectivity index (χ0v) is 12.4. The number of carbonyl (C=O) groups excluding carboxylic acids is 1. The van der Waals surface area contributed by atoms with Crippen molar-refractivity contribution in [2.45, 2.75) is 30.1 Å². The summed E-state index contributed by atoms with van der Waals surface area (Å²) in [5.41, 5.74) is 0.629. The highest BCUT2D eigenvalue weighted by atomic mass is 32.2. The van der Waals surface area contributed by atoms with Crippen LogP contribution in [-0.4, -0.2) is 38.9 Å². The van der Waals surface area contributed by atoms with Crippen molar-refractivity contribution in [3.8, 4) is 5.75 Å². The van der Waals surface area contributed by atoms with Crippen LogP contribution in [0.2, 0.25) is 0 Å². The highest BCUT2D eigenvalue weighted by Crippen LogP contribution is 2.36. The number of amides is 1. The fourth-order valence-corrected chi connectivity index (χ4v) is 3.51. The summed E-state index contributed by atoms with van der Waals surface area (Å²) in [6.45, 7) is 2.02. The molecule has 0 aliphatic carbocycles. The molecule has 1 saturated heterocycles. The van der Waals surface area contributed by atoms with E-state index in [0.29, 0.717) is 24.3 Å². The fraction of sp³-hybridized carbons (Fsp3) is 0.500. The Labute approximate surface area is 123 Å². The van der Waals surface area contributed by atoms with Crippen LogP contribution in [0.25, 0.3) is 0 Å². The second-order valence-electron chi connectivity index (χ2n) is 5.47. The smallest absolute Gasteiger partial charge is 0.238 e. The predicted octanol–water partition coefficient (Wildman–Crippen LogP) is 0.823. The monoisotopic (exact) mass is 310 g/mol. The third-order valence-corrected chi connectivity index (χ3v) is 4.98. The third-order valence-electron chi connectivity index (χ3n) is 4.07. The normalized spacial score (nSPS) is 21.8. The number of primary sulfonamides is 1. The number of nitrogens with zero attached hydrogens (tertiary/aromatic N) is 1. The molecule has 1 amide bonds. The Morgan fingerprint density at radius 1 is 1.29 bits per heavy atom. The number of hydrogen-bond acceptors (Lipinski definition) is 4. The van der Waals surface area contributed by atoms with Gasteiger partial charge in [0.1, 0.15) is 5.75 Å². The standard InChI is InChI=1S/C14H18N2O4S/c15-21(18,19)10-3-4-13-12(9-10)11(5-8-20-13)14(17)16-6-1-2-7-16/h3-4,9,11H,1-2,5-8H2,(H2,15,18,19). The molecular formula is C14H18N2O4S. The third kappa shape index (κ3) is 2.75. The van der Waals surface area contributed by atoms with Gasteiger partial charge in [0, 0.05) is 18.7 Å². The Balaban J connectivity index is 1.97. The van der Waals surface area contributed by atoms with Gasteiger partial charge in [-0.1, -0.05) is 0 Å². The van der Waals surface area contributed by atoms with E-state index in [1.54, 1.807) is 6.07 Å². The minimum absolute atomic E-state index is 0.0194. The molecule has 1 atom stereocenters. The average molecular weight is 310 g/mol. The number of benzene rings is 1. The molecule has 6 nitrogen and oxygen atoms in total. The Morgan fingerprint density at radius 3 is 2.67 bits per heavy atom. The van der Waals surface area contributed by atoms with E-state index in [1.807, 2.05) is 4.90 Å². The molecule has 2 aliphatic rings. The van der Waals surface area contributed by atoms with Crippen molar-refractivity contribution in [3.63, 3.8) is 0 Å². The summed E-state index contributed by atoms with van der Waals surface area (Å²) in [7, 11) is -3.78. The molecule has 0 spiro atoms. The van der Waals surface area contributed by atoms with Crippen molar-refractivity contribution in [3.05, 3.63) is 23.8 Å². The van der Waals surface area contributed by atoms with Gasteiger partial charge in [0.25, 0.3) is 0 Å². The molecule has 2 aliphatic heterocycles. The van der Waals surface area contributed by atoms with Crippen molar-refractivity contribution in [2.75, 3.05) is 19.7 Å². The van der Waals surface area contributed by atoms with E-state index in [1.165, 1.54) is 12.1 Å². The molecule has 1 fully saturated rings. The van der Waals surface area contributed by atoms with Gasteiger partial charge in [-0.3, -0.25) is 4.79 Å². The van der Waals surface area contributed by atoms with E-state index in [0.717, 1.165) is 25.9 Å². The van der Waals surface area contributed by atoms with Gasteiger partial charge in [-0.2, -0.15) is 0 Å². The van der Waals surface area contributed by atoms with E-state index < -0.39 is 10.0 Å². The summed E-state index contributed by atoms with van der Waals surface area (Å²) in [5.74, 6) is 0.295. The maximum absolute atomic E-state index is 12.6.